The van der Waals surface area contributed by atoms with E-state index in [0.29, 0.717) is 5.92 Å². The van der Waals surface area contributed by atoms with Gasteiger partial charge in [-0.25, -0.2) is 5.48 Å². The van der Waals surface area contributed by atoms with Crippen LogP contribution in [0.2, 0.25) is 0 Å². The van der Waals surface area contributed by atoms with Crippen LogP contribution in [0, 0.1) is 0 Å². The molecule has 0 aliphatic carbocycles. The van der Waals surface area contributed by atoms with Crippen LogP contribution in [0.4, 0.5) is 0 Å². The number of hydroxylamine groups is 1. The van der Waals surface area contributed by atoms with E-state index in [2.05, 4.69) is 35.8 Å². The van der Waals surface area contributed by atoms with Gasteiger partial charge < -0.3 is 4.84 Å². The van der Waals surface area contributed by atoms with E-state index in [0.717, 1.165) is 19.6 Å². The van der Waals surface area contributed by atoms with Crippen LogP contribution >= 0.6 is 0 Å². The van der Waals surface area contributed by atoms with Crippen molar-refractivity contribution in [3.05, 3.63) is 35.9 Å². The molecule has 0 amide bonds. The topological polar surface area (TPSA) is 21.3 Å². The second-order valence-electron chi connectivity index (χ2n) is 3.09. The van der Waals surface area contributed by atoms with Crippen molar-refractivity contribution in [3.8, 4) is 0 Å². The fourth-order valence-corrected chi connectivity index (χ4v) is 1.54. The van der Waals surface area contributed by atoms with Crippen LogP contribution in [0.3, 0.4) is 0 Å². The third-order valence-electron chi connectivity index (χ3n) is 2.27. The molecule has 1 aromatic carbocycles. The first-order valence-electron chi connectivity index (χ1n) is 4.36. The molecule has 0 spiro atoms. The molecule has 0 radical (unpaired) electrons. The zero-order valence-corrected chi connectivity index (χ0v) is 6.99. The van der Waals surface area contributed by atoms with Crippen molar-refractivity contribution in [1.82, 2.24) is 5.48 Å². The lowest BCUT2D eigenvalue weighted by molar-refractivity contribution is 0.00409. The molecule has 2 nitrogen and oxygen atoms in total. The average molecular weight is 163 g/mol. The largest absolute Gasteiger partial charge is 0.302 e. The zero-order chi connectivity index (χ0) is 8.23. The van der Waals surface area contributed by atoms with Crippen molar-refractivity contribution in [2.75, 3.05) is 13.2 Å². The minimum Gasteiger partial charge on any atom is -0.302 e. The molecule has 12 heavy (non-hydrogen) atoms. The second kappa shape index (κ2) is 3.70. The van der Waals surface area contributed by atoms with Crippen LogP contribution in [-0.4, -0.2) is 13.2 Å². The van der Waals surface area contributed by atoms with Gasteiger partial charge in [-0.1, -0.05) is 30.3 Å². The molecular weight excluding hydrogens is 150 g/mol. The smallest absolute Gasteiger partial charge is 0.0688 e. The Kier molecular flexibility index (Phi) is 2.39. The molecule has 1 fully saturated rings. The van der Waals surface area contributed by atoms with Crippen LogP contribution in [0.1, 0.15) is 17.9 Å². The number of rotatable bonds is 1. The summed E-state index contributed by atoms with van der Waals surface area (Å²) < 4.78 is 0. The van der Waals surface area contributed by atoms with Crippen LogP contribution < -0.4 is 5.48 Å². The molecule has 1 saturated heterocycles. The fourth-order valence-electron chi connectivity index (χ4n) is 1.54. The summed E-state index contributed by atoms with van der Waals surface area (Å²) in [5.41, 5.74) is 4.34. The normalized spacial score (nSPS) is 23.8. The van der Waals surface area contributed by atoms with Crippen molar-refractivity contribution in [2.24, 2.45) is 0 Å². The first-order chi connectivity index (χ1) is 5.97. The molecule has 0 saturated carbocycles. The van der Waals surface area contributed by atoms with Crippen LogP contribution in [0.25, 0.3) is 0 Å². The highest BCUT2D eigenvalue weighted by atomic mass is 16.6. The molecule has 1 unspecified atom stereocenters. The van der Waals surface area contributed by atoms with E-state index < -0.39 is 0 Å². The van der Waals surface area contributed by atoms with Gasteiger partial charge in [0.1, 0.15) is 0 Å². The van der Waals surface area contributed by atoms with E-state index >= 15 is 0 Å². The minimum atomic E-state index is 0.625. The average Bonchev–Trinajstić information content (AvgIpc) is 2.21. The molecule has 1 aliphatic heterocycles. The highest BCUT2D eigenvalue weighted by molar-refractivity contribution is 5.19. The molecule has 1 aromatic rings. The minimum absolute atomic E-state index is 0.625. The van der Waals surface area contributed by atoms with Gasteiger partial charge in [0.2, 0.25) is 0 Å². The maximum absolute atomic E-state index is 5.07. The summed E-state index contributed by atoms with van der Waals surface area (Å²) >= 11 is 0. The van der Waals surface area contributed by atoms with Gasteiger partial charge in [0.15, 0.2) is 0 Å². The zero-order valence-electron chi connectivity index (χ0n) is 6.99. The Morgan fingerprint density at radius 3 is 2.75 bits per heavy atom. The van der Waals surface area contributed by atoms with Gasteiger partial charge in [0, 0.05) is 12.5 Å². The summed E-state index contributed by atoms with van der Waals surface area (Å²) in [7, 11) is 0. The lowest BCUT2D eigenvalue weighted by Gasteiger charge is -2.22. The Balaban J connectivity index is 2.08. The second-order valence-corrected chi connectivity index (χ2v) is 3.09. The summed E-state index contributed by atoms with van der Waals surface area (Å²) in [5, 5.41) is 0. The number of hydrogen-bond acceptors (Lipinski definition) is 2. The van der Waals surface area contributed by atoms with Crippen LogP contribution in [0.15, 0.2) is 30.3 Å². The summed E-state index contributed by atoms with van der Waals surface area (Å²) in [6.45, 7) is 1.75. The van der Waals surface area contributed by atoms with Crippen molar-refractivity contribution < 1.29 is 4.84 Å². The molecule has 1 N–H and O–H groups in total. The molecule has 1 atom stereocenters. The molecule has 2 heteroatoms. The third kappa shape index (κ3) is 1.65. The molecular formula is C10H13NO. The lowest BCUT2D eigenvalue weighted by atomic mass is 9.96. The highest BCUT2D eigenvalue weighted by Gasteiger charge is 2.14. The van der Waals surface area contributed by atoms with E-state index in [1.807, 2.05) is 0 Å². The Hall–Kier alpha value is -0.860. The highest BCUT2D eigenvalue weighted by Crippen LogP contribution is 2.20. The van der Waals surface area contributed by atoms with E-state index in [-0.39, 0.29) is 0 Å². The van der Waals surface area contributed by atoms with E-state index in [9.17, 15) is 0 Å². The Morgan fingerprint density at radius 1 is 1.25 bits per heavy atom. The first kappa shape index (κ1) is 7.77. The Labute approximate surface area is 72.5 Å². The fraction of sp³-hybridized carbons (Fsp3) is 0.400. The van der Waals surface area contributed by atoms with Gasteiger partial charge in [-0.3, -0.25) is 0 Å². The quantitative estimate of drug-likeness (QED) is 0.680. The van der Waals surface area contributed by atoms with Gasteiger partial charge in [0.05, 0.1) is 6.61 Å². The Morgan fingerprint density at radius 2 is 2.08 bits per heavy atom. The summed E-state index contributed by atoms with van der Waals surface area (Å²) in [4.78, 5) is 5.07. The van der Waals surface area contributed by atoms with Gasteiger partial charge in [-0.05, 0) is 12.0 Å². The van der Waals surface area contributed by atoms with Crippen LogP contribution in [0.5, 0.6) is 0 Å². The molecule has 1 aliphatic rings. The SMILES string of the molecule is c1ccc(C2CCONC2)cc1. The van der Waals surface area contributed by atoms with E-state index in [4.69, 9.17) is 4.84 Å². The van der Waals surface area contributed by atoms with Crippen molar-refractivity contribution in [2.45, 2.75) is 12.3 Å². The van der Waals surface area contributed by atoms with Gasteiger partial charge >= 0.3 is 0 Å². The monoisotopic (exact) mass is 163 g/mol. The number of nitrogens with one attached hydrogen (secondary N) is 1. The predicted octanol–water partition coefficient (Wildman–Crippen LogP) is 1.70. The van der Waals surface area contributed by atoms with E-state index in [1.165, 1.54) is 5.56 Å². The van der Waals surface area contributed by atoms with Crippen molar-refractivity contribution in [1.29, 1.82) is 0 Å². The first-order valence-corrected chi connectivity index (χ1v) is 4.36. The van der Waals surface area contributed by atoms with E-state index in [1.54, 1.807) is 0 Å². The van der Waals surface area contributed by atoms with Crippen molar-refractivity contribution >= 4 is 0 Å². The number of benzene rings is 1. The maximum atomic E-state index is 5.07. The van der Waals surface area contributed by atoms with Gasteiger partial charge in [-0.2, -0.15) is 0 Å². The van der Waals surface area contributed by atoms with Crippen LogP contribution in [-0.2, 0) is 4.84 Å². The standard InChI is InChI=1S/C10H13NO/c1-2-4-9(5-3-1)10-6-7-12-11-8-10/h1-5,10-11H,6-8H2. The van der Waals surface area contributed by atoms with Gasteiger partial charge in [-0.15, -0.1) is 0 Å². The number of hydrogen-bond donors (Lipinski definition) is 1. The summed E-state index contributed by atoms with van der Waals surface area (Å²) in [6.07, 6.45) is 1.12. The molecule has 2 rings (SSSR count). The molecule has 1 heterocycles. The summed E-state index contributed by atoms with van der Waals surface area (Å²) in [5.74, 6) is 0.625. The lowest BCUT2D eigenvalue weighted by Crippen LogP contribution is -2.29. The summed E-state index contributed by atoms with van der Waals surface area (Å²) in [6, 6.07) is 10.6. The third-order valence-corrected chi connectivity index (χ3v) is 2.27. The molecule has 0 aromatic heterocycles. The Bertz CT molecular complexity index is 229. The molecule has 0 bridgehead atoms. The molecule has 64 valence electrons. The van der Waals surface area contributed by atoms with Crippen molar-refractivity contribution in [3.63, 3.8) is 0 Å². The maximum Gasteiger partial charge on any atom is 0.0688 e. The van der Waals surface area contributed by atoms with Gasteiger partial charge in [0.25, 0.3) is 0 Å². The predicted molar refractivity (Wildman–Crippen MR) is 47.8 cm³/mol.